The van der Waals surface area contributed by atoms with Gasteiger partial charge in [0.05, 0.1) is 24.2 Å². The Morgan fingerprint density at radius 2 is 1.95 bits per heavy atom. The predicted octanol–water partition coefficient (Wildman–Crippen LogP) is 1.53. The number of methoxy groups -OCH3 is 1. The molecule has 2 unspecified atom stereocenters. The molecule has 1 rings (SSSR count). The Labute approximate surface area is 124 Å². The van der Waals surface area contributed by atoms with Crippen molar-refractivity contribution in [3.63, 3.8) is 0 Å². The van der Waals surface area contributed by atoms with Crippen molar-refractivity contribution in [1.82, 2.24) is 0 Å². The molecule has 0 aliphatic carbocycles. The minimum atomic E-state index is -0.425. The zero-order valence-electron chi connectivity index (χ0n) is 11.3. The van der Waals surface area contributed by atoms with E-state index < -0.39 is 12.0 Å². The van der Waals surface area contributed by atoms with E-state index in [2.05, 4.69) is 4.74 Å². The van der Waals surface area contributed by atoms with Crippen LogP contribution in [0.5, 0.6) is 0 Å². The van der Waals surface area contributed by atoms with Crippen LogP contribution in [0.4, 0.5) is 0 Å². The van der Waals surface area contributed by atoms with Gasteiger partial charge < -0.3 is 10.5 Å². The van der Waals surface area contributed by atoms with Crippen molar-refractivity contribution in [1.29, 1.82) is 10.5 Å². The van der Waals surface area contributed by atoms with Crippen molar-refractivity contribution in [3.05, 3.63) is 34.9 Å². The maximum Gasteiger partial charge on any atom is 0.309 e. The van der Waals surface area contributed by atoms with E-state index in [9.17, 15) is 4.79 Å². The van der Waals surface area contributed by atoms with Gasteiger partial charge in [-0.25, -0.2) is 0 Å². The summed E-state index contributed by atoms with van der Waals surface area (Å²) >= 11 is 0. The van der Waals surface area contributed by atoms with Crippen molar-refractivity contribution < 1.29 is 9.53 Å². The molecule has 0 amide bonds. The molecule has 0 aliphatic rings. The van der Waals surface area contributed by atoms with Crippen molar-refractivity contribution in [3.8, 4) is 12.1 Å². The first-order chi connectivity index (χ1) is 9.03. The number of hydrogen-bond acceptors (Lipinski definition) is 5. The summed E-state index contributed by atoms with van der Waals surface area (Å²) in [5.41, 5.74) is 7.41. The topological polar surface area (TPSA) is 99.9 Å². The number of rotatable bonds is 4. The Hall–Kier alpha value is -2.08. The maximum absolute atomic E-state index is 11.4. The van der Waals surface area contributed by atoms with Crippen LogP contribution >= 0.6 is 12.4 Å². The van der Waals surface area contributed by atoms with Gasteiger partial charge in [-0.05, 0) is 24.1 Å². The predicted molar refractivity (Wildman–Crippen MR) is 76.0 cm³/mol. The van der Waals surface area contributed by atoms with E-state index in [1.54, 1.807) is 25.1 Å². The van der Waals surface area contributed by atoms with Gasteiger partial charge in [-0.15, -0.1) is 12.4 Å². The average molecular weight is 294 g/mol. The van der Waals surface area contributed by atoms with E-state index in [-0.39, 0.29) is 18.4 Å². The van der Waals surface area contributed by atoms with Gasteiger partial charge in [0.15, 0.2) is 0 Å². The van der Waals surface area contributed by atoms with Gasteiger partial charge in [-0.2, -0.15) is 10.5 Å². The molecule has 2 atom stereocenters. The number of halogens is 1. The van der Waals surface area contributed by atoms with E-state index in [1.165, 1.54) is 7.11 Å². The number of carbonyl (C=O) groups excluding carboxylic acids is 1. The fraction of sp³-hybridized carbons (Fsp3) is 0.357. The van der Waals surface area contributed by atoms with Crippen LogP contribution in [-0.2, 0) is 16.0 Å². The second-order valence-electron chi connectivity index (χ2n) is 4.28. The largest absolute Gasteiger partial charge is 0.469 e. The van der Waals surface area contributed by atoms with Gasteiger partial charge in [-0.1, -0.05) is 13.0 Å². The van der Waals surface area contributed by atoms with Gasteiger partial charge in [0.2, 0.25) is 0 Å². The normalized spacial score (nSPS) is 12.2. The van der Waals surface area contributed by atoms with Crippen LogP contribution in [0.2, 0.25) is 0 Å². The Balaban J connectivity index is 0.00000361. The van der Waals surface area contributed by atoms with Gasteiger partial charge >= 0.3 is 5.97 Å². The first-order valence-corrected chi connectivity index (χ1v) is 5.80. The van der Waals surface area contributed by atoms with Crippen molar-refractivity contribution in [2.75, 3.05) is 7.11 Å². The van der Waals surface area contributed by atoms with Gasteiger partial charge in [0.1, 0.15) is 12.1 Å². The fourth-order valence-corrected chi connectivity index (χ4v) is 1.72. The van der Waals surface area contributed by atoms with E-state index in [4.69, 9.17) is 16.3 Å². The summed E-state index contributed by atoms with van der Waals surface area (Å²) in [5, 5.41) is 17.8. The zero-order valence-corrected chi connectivity index (χ0v) is 12.1. The van der Waals surface area contributed by atoms with E-state index >= 15 is 0 Å². The summed E-state index contributed by atoms with van der Waals surface area (Å²) in [7, 11) is 1.32. The molecule has 5 nitrogen and oxygen atoms in total. The van der Waals surface area contributed by atoms with E-state index in [0.29, 0.717) is 17.5 Å². The van der Waals surface area contributed by atoms with Crippen molar-refractivity contribution in [2.24, 2.45) is 11.7 Å². The Morgan fingerprint density at radius 1 is 1.35 bits per heavy atom. The molecular weight excluding hydrogens is 278 g/mol. The Bertz CT molecular complexity index is 561. The third-order valence-electron chi connectivity index (χ3n) is 3.01. The third-order valence-corrected chi connectivity index (χ3v) is 3.01. The highest BCUT2D eigenvalue weighted by Crippen LogP contribution is 2.14. The number of nitrogens with zero attached hydrogens (tertiary/aromatic N) is 2. The summed E-state index contributed by atoms with van der Waals surface area (Å²) in [6, 6.07) is 8.47. The molecular formula is C14H16ClN3O2. The van der Waals surface area contributed by atoms with Gasteiger partial charge in [-0.3, -0.25) is 4.79 Å². The first-order valence-electron chi connectivity index (χ1n) is 5.80. The molecule has 0 heterocycles. The number of carbonyl (C=O) groups is 1. The summed E-state index contributed by atoms with van der Waals surface area (Å²) in [4.78, 5) is 11.4. The lowest BCUT2D eigenvalue weighted by molar-refractivity contribution is -0.145. The van der Waals surface area contributed by atoms with Crippen LogP contribution in [-0.4, -0.2) is 19.1 Å². The minimum Gasteiger partial charge on any atom is -0.469 e. The van der Waals surface area contributed by atoms with E-state index in [1.807, 2.05) is 12.1 Å². The molecule has 106 valence electrons. The SMILES string of the molecule is COC(=O)C(C)C(N)Cc1ccc(C#N)c(C#N)c1.Cl. The van der Waals surface area contributed by atoms with Crippen LogP contribution in [0.15, 0.2) is 18.2 Å². The highest BCUT2D eigenvalue weighted by atomic mass is 35.5. The monoisotopic (exact) mass is 293 g/mol. The van der Waals surface area contributed by atoms with Crippen molar-refractivity contribution in [2.45, 2.75) is 19.4 Å². The second kappa shape index (κ2) is 8.16. The molecule has 2 N–H and O–H groups in total. The van der Waals surface area contributed by atoms with E-state index in [0.717, 1.165) is 5.56 Å². The Kier molecular flexibility index (Phi) is 7.31. The summed E-state index contributed by atoms with van der Waals surface area (Å²) < 4.78 is 4.64. The Morgan fingerprint density at radius 3 is 2.45 bits per heavy atom. The molecule has 0 spiro atoms. The number of benzene rings is 1. The van der Waals surface area contributed by atoms with Crippen LogP contribution in [0, 0.1) is 28.6 Å². The quantitative estimate of drug-likeness (QED) is 0.849. The standard InChI is InChI=1S/C14H15N3O2.ClH/c1-9(14(18)19-2)13(17)6-10-3-4-11(7-15)12(5-10)8-16;/h3-5,9,13H,6,17H2,1-2H3;1H. The highest BCUT2D eigenvalue weighted by molar-refractivity contribution is 5.85. The maximum atomic E-state index is 11.4. The second-order valence-corrected chi connectivity index (χ2v) is 4.28. The number of nitrogens with two attached hydrogens (primary N) is 1. The summed E-state index contributed by atoms with van der Waals surface area (Å²) in [6.07, 6.45) is 0.441. The summed E-state index contributed by atoms with van der Waals surface area (Å²) in [5.74, 6) is -0.784. The lowest BCUT2D eigenvalue weighted by atomic mass is 9.94. The number of ether oxygens (including phenoxy) is 1. The first kappa shape index (κ1) is 17.9. The fourth-order valence-electron chi connectivity index (χ4n) is 1.72. The molecule has 0 fully saturated rings. The van der Waals surface area contributed by atoms with Gasteiger partial charge in [0.25, 0.3) is 0 Å². The molecule has 1 aromatic rings. The molecule has 0 aromatic heterocycles. The molecule has 0 bridgehead atoms. The van der Waals surface area contributed by atoms with Crippen LogP contribution in [0.1, 0.15) is 23.6 Å². The van der Waals surface area contributed by atoms with Crippen molar-refractivity contribution >= 4 is 18.4 Å². The minimum absolute atomic E-state index is 0. The molecule has 20 heavy (non-hydrogen) atoms. The number of esters is 1. The molecule has 0 saturated carbocycles. The number of hydrogen-bond donors (Lipinski definition) is 1. The molecule has 0 radical (unpaired) electrons. The van der Waals surface area contributed by atoms with Crippen LogP contribution < -0.4 is 5.73 Å². The lowest BCUT2D eigenvalue weighted by Crippen LogP contribution is -2.36. The lowest BCUT2D eigenvalue weighted by Gasteiger charge is -2.17. The smallest absolute Gasteiger partial charge is 0.309 e. The van der Waals surface area contributed by atoms with Crippen LogP contribution in [0.25, 0.3) is 0 Å². The van der Waals surface area contributed by atoms with Crippen LogP contribution in [0.3, 0.4) is 0 Å². The average Bonchev–Trinajstić information content (AvgIpc) is 2.45. The molecule has 6 heteroatoms. The summed E-state index contributed by atoms with van der Waals surface area (Å²) in [6.45, 7) is 1.70. The zero-order chi connectivity index (χ0) is 14.4. The highest BCUT2D eigenvalue weighted by Gasteiger charge is 2.21. The third kappa shape index (κ3) is 4.24. The molecule has 0 aliphatic heterocycles. The molecule has 0 saturated heterocycles. The van der Waals surface area contributed by atoms with Gasteiger partial charge in [0, 0.05) is 6.04 Å². The molecule has 1 aromatic carbocycles. The number of nitriles is 2.